The van der Waals surface area contributed by atoms with Crippen LogP contribution < -0.4 is 10.2 Å². The van der Waals surface area contributed by atoms with E-state index in [1.54, 1.807) is 11.9 Å². The lowest BCUT2D eigenvalue weighted by Crippen LogP contribution is -2.27. The highest BCUT2D eigenvalue weighted by Gasteiger charge is 2.35. The lowest BCUT2D eigenvalue weighted by molar-refractivity contribution is 0.221. The van der Waals surface area contributed by atoms with Crippen LogP contribution in [0.25, 0.3) is 11.4 Å². The average Bonchev–Trinajstić information content (AvgIpc) is 3.39. The molecular weight excluding hydrogens is 438 g/mol. The molecular formula is C27H35N7O. The molecule has 1 N–H and O–H groups in total. The van der Waals surface area contributed by atoms with Gasteiger partial charge in [-0.2, -0.15) is 5.10 Å². The molecule has 8 nitrogen and oxygen atoms in total. The number of nitrogens with zero attached hydrogens (tertiary/aromatic N) is 6. The number of anilines is 2. The number of methoxy groups -OCH3 is 1. The van der Waals surface area contributed by atoms with Crippen molar-refractivity contribution in [3.05, 3.63) is 53.9 Å². The summed E-state index contributed by atoms with van der Waals surface area (Å²) in [7, 11) is 1.66. The molecule has 0 bridgehead atoms. The molecule has 0 aliphatic carbocycles. The number of aromatic nitrogens is 3. The molecule has 0 spiro atoms. The van der Waals surface area contributed by atoms with Gasteiger partial charge in [-0.3, -0.25) is 0 Å². The summed E-state index contributed by atoms with van der Waals surface area (Å²) in [5, 5.41) is 12.7. The SMILES string of the molecule is CCN(CC)c1ccc(N=C2C(C(C)(C)C)=Nn3nc(-c4ccc(NCOC)cc4)nc32)c(C)c1. The number of rotatable bonds is 8. The summed E-state index contributed by atoms with van der Waals surface area (Å²) >= 11 is 0. The minimum absolute atomic E-state index is 0.203. The lowest BCUT2D eigenvalue weighted by Gasteiger charge is -2.22. The molecule has 0 radical (unpaired) electrons. The van der Waals surface area contributed by atoms with Crippen molar-refractivity contribution in [1.29, 1.82) is 0 Å². The first-order valence-electron chi connectivity index (χ1n) is 12.1. The van der Waals surface area contributed by atoms with Crippen LogP contribution in [0.4, 0.5) is 17.1 Å². The minimum Gasteiger partial charge on any atom is -0.372 e. The van der Waals surface area contributed by atoms with E-state index in [4.69, 9.17) is 19.8 Å². The van der Waals surface area contributed by atoms with Crippen LogP contribution in [0.5, 0.6) is 0 Å². The van der Waals surface area contributed by atoms with Gasteiger partial charge in [-0.05, 0) is 68.8 Å². The van der Waals surface area contributed by atoms with Gasteiger partial charge in [0.2, 0.25) is 5.82 Å². The average molecular weight is 474 g/mol. The number of ether oxygens (including phenoxy) is 1. The Morgan fingerprint density at radius 2 is 1.77 bits per heavy atom. The Balaban J connectivity index is 1.71. The fourth-order valence-electron chi connectivity index (χ4n) is 4.06. The summed E-state index contributed by atoms with van der Waals surface area (Å²) in [5.41, 5.74) is 6.58. The number of aliphatic imine (C=N–C) groups is 1. The second kappa shape index (κ2) is 10.00. The fraction of sp³-hybridized carbons (Fsp3) is 0.407. The Morgan fingerprint density at radius 1 is 1.06 bits per heavy atom. The predicted octanol–water partition coefficient (Wildman–Crippen LogP) is 5.50. The van der Waals surface area contributed by atoms with Crippen LogP contribution in [-0.4, -0.2) is 53.2 Å². The summed E-state index contributed by atoms with van der Waals surface area (Å²) in [6.45, 7) is 15.3. The van der Waals surface area contributed by atoms with Crippen LogP contribution in [0.2, 0.25) is 0 Å². The molecule has 0 saturated carbocycles. The van der Waals surface area contributed by atoms with E-state index < -0.39 is 0 Å². The highest BCUT2D eigenvalue weighted by atomic mass is 16.5. The van der Waals surface area contributed by atoms with E-state index in [2.05, 4.69) is 75.1 Å². The summed E-state index contributed by atoms with van der Waals surface area (Å²) in [6.07, 6.45) is 0. The van der Waals surface area contributed by atoms with E-state index in [1.807, 2.05) is 24.3 Å². The van der Waals surface area contributed by atoms with Crippen molar-refractivity contribution in [2.45, 2.75) is 41.5 Å². The van der Waals surface area contributed by atoms with E-state index in [1.165, 1.54) is 5.69 Å². The molecule has 0 fully saturated rings. The minimum atomic E-state index is -0.203. The quantitative estimate of drug-likeness (QED) is 0.437. The summed E-state index contributed by atoms with van der Waals surface area (Å²) in [6, 6.07) is 14.4. The van der Waals surface area contributed by atoms with Crippen LogP contribution in [-0.2, 0) is 4.74 Å². The normalized spacial score (nSPS) is 14.3. The zero-order valence-corrected chi connectivity index (χ0v) is 21.8. The molecule has 2 heterocycles. The molecule has 0 atom stereocenters. The number of hydrogen-bond donors (Lipinski definition) is 1. The molecule has 0 unspecified atom stereocenters. The Labute approximate surface area is 207 Å². The van der Waals surface area contributed by atoms with Crippen molar-refractivity contribution >= 4 is 28.5 Å². The second-order valence-corrected chi connectivity index (χ2v) is 9.64. The third-order valence-corrected chi connectivity index (χ3v) is 6.04. The van der Waals surface area contributed by atoms with Crippen molar-refractivity contribution in [1.82, 2.24) is 14.9 Å². The van der Waals surface area contributed by atoms with Gasteiger partial charge in [-0.15, -0.1) is 9.89 Å². The fourth-order valence-corrected chi connectivity index (χ4v) is 4.06. The summed E-state index contributed by atoms with van der Waals surface area (Å²) in [4.78, 5) is 13.9. The standard InChI is InChI=1S/C27H35N7O/c1-8-33(9-2)21-14-15-22(18(3)16-21)29-23-24(27(4,5)6)31-34-26(23)30-25(32-34)19-10-12-20(13-11-19)28-17-35-7/h10-16,28H,8-9,17H2,1-7H3. The molecule has 8 heteroatoms. The smallest absolute Gasteiger partial charge is 0.204 e. The van der Waals surface area contributed by atoms with Crippen LogP contribution >= 0.6 is 0 Å². The van der Waals surface area contributed by atoms with Crippen LogP contribution in [0.1, 0.15) is 46.0 Å². The molecule has 0 amide bonds. The molecule has 1 aromatic heterocycles. The maximum Gasteiger partial charge on any atom is 0.204 e. The number of fused-ring (bicyclic) bond motifs is 1. The molecule has 35 heavy (non-hydrogen) atoms. The van der Waals surface area contributed by atoms with Crippen LogP contribution in [0.15, 0.2) is 52.6 Å². The lowest BCUT2D eigenvalue weighted by atomic mass is 9.87. The van der Waals surface area contributed by atoms with Gasteiger partial charge >= 0.3 is 0 Å². The Kier molecular flexibility index (Phi) is 7.03. The van der Waals surface area contributed by atoms with E-state index in [-0.39, 0.29) is 5.41 Å². The highest BCUT2D eigenvalue weighted by Crippen LogP contribution is 2.31. The number of benzene rings is 2. The van der Waals surface area contributed by atoms with Crippen molar-refractivity contribution in [3.63, 3.8) is 0 Å². The maximum atomic E-state index is 5.07. The zero-order valence-electron chi connectivity index (χ0n) is 21.8. The van der Waals surface area contributed by atoms with Crippen molar-refractivity contribution in [3.8, 4) is 11.4 Å². The van der Waals surface area contributed by atoms with Crippen LogP contribution in [0, 0.1) is 12.3 Å². The topological polar surface area (TPSA) is 79.9 Å². The van der Waals surface area contributed by atoms with E-state index in [0.717, 1.165) is 47.0 Å². The second-order valence-electron chi connectivity index (χ2n) is 9.64. The zero-order chi connectivity index (χ0) is 25.2. The summed E-state index contributed by atoms with van der Waals surface area (Å²) < 4.78 is 5.07. The maximum absolute atomic E-state index is 5.07. The van der Waals surface area contributed by atoms with Gasteiger partial charge in [0.05, 0.1) is 11.4 Å². The molecule has 0 saturated heterocycles. The highest BCUT2D eigenvalue weighted by molar-refractivity contribution is 6.50. The van der Waals surface area contributed by atoms with Gasteiger partial charge in [-0.1, -0.05) is 20.8 Å². The number of nitrogens with one attached hydrogen (secondary N) is 1. The van der Waals surface area contributed by atoms with Gasteiger partial charge in [0.25, 0.3) is 0 Å². The van der Waals surface area contributed by atoms with Crippen molar-refractivity contribution in [2.24, 2.45) is 15.5 Å². The summed E-state index contributed by atoms with van der Waals surface area (Å²) in [5.74, 6) is 1.29. The molecule has 1 aliphatic rings. The van der Waals surface area contributed by atoms with Gasteiger partial charge in [0.1, 0.15) is 12.4 Å². The first kappa shape index (κ1) is 24.6. The van der Waals surface area contributed by atoms with E-state index in [0.29, 0.717) is 18.4 Å². The van der Waals surface area contributed by atoms with Gasteiger partial charge in [0.15, 0.2) is 5.82 Å². The molecule has 184 valence electrons. The largest absolute Gasteiger partial charge is 0.372 e. The monoisotopic (exact) mass is 473 g/mol. The van der Waals surface area contributed by atoms with Gasteiger partial charge in [-0.25, -0.2) is 9.98 Å². The number of aryl methyl sites for hydroxylation is 1. The molecule has 2 aromatic carbocycles. The van der Waals surface area contributed by atoms with Crippen molar-refractivity contribution in [2.75, 3.05) is 37.1 Å². The first-order chi connectivity index (χ1) is 16.7. The third-order valence-electron chi connectivity index (χ3n) is 6.04. The van der Waals surface area contributed by atoms with Crippen LogP contribution in [0.3, 0.4) is 0 Å². The Bertz CT molecular complexity index is 1250. The number of hydrogen-bond acceptors (Lipinski definition) is 7. The molecule has 1 aliphatic heterocycles. The Morgan fingerprint density at radius 3 is 2.37 bits per heavy atom. The Hall–Kier alpha value is -3.52. The van der Waals surface area contributed by atoms with Crippen molar-refractivity contribution < 1.29 is 4.74 Å². The van der Waals surface area contributed by atoms with Gasteiger partial charge in [0, 0.05) is 42.6 Å². The van der Waals surface area contributed by atoms with E-state index >= 15 is 0 Å². The van der Waals surface area contributed by atoms with Gasteiger partial charge < -0.3 is 15.0 Å². The molecule has 4 rings (SSSR count). The molecule has 3 aromatic rings. The first-order valence-corrected chi connectivity index (χ1v) is 12.1. The van der Waals surface area contributed by atoms with E-state index in [9.17, 15) is 0 Å². The predicted molar refractivity (Wildman–Crippen MR) is 144 cm³/mol. The third kappa shape index (κ3) is 5.12.